The summed E-state index contributed by atoms with van der Waals surface area (Å²) < 4.78 is 0. The molecule has 0 saturated heterocycles. The molecule has 6 heteroatoms. The summed E-state index contributed by atoms with van der Waals surface area (Å²) in [5.41, 5.74) is 1.63. The van der Waals surface area contributed by atoms with Crippen molar-refractivity contribution < 1.29 is 4.92 Å². The fourth-order valence-corrected chi connectivity index (χ4v) is 2.39. The van der Waals surface area contributed by atoms with E-state index in [0.29, 0.717) is 0 Å². The van der Waals surface area contributed by atoms with Crippen molar-refractivity contribution in [1.29, 1.82) is 0 Å². The normalized spacial score (nSPS) is 10.4. The number of non-ortho nitro benzene ring substituents is 1. The second-order valence-electron chi connectivity index (χ2n) is 4.13. The van der Waals surface area contributed by atoms with Crippen LogP contribution in [0.4, 0.5) is 10.8 Å². The number of nitrogens with one attached hydrogen (secondary N) is 1. The van der Waals surface area contributed by atoms with E-state index in [1.807, 2.05) is 11.4 Å². The quantitative estimate of drug-likeness (QED) is 0.493. The fourth-order valence-electron chi connectivity index (χ4n) is 1.64. The van der Waals surface area contributed by atoms with Crippen LogP contribution < -0.4 is 5.32 Å². The van der Waals surface area contributed by atoms with E-state index in [9.17, 15) is 10.1 Å². The standard InChI is InChI=1S/C13H15N3O2S/c1-2-3-7-14-13-15-12(9-19-13)10-5-4-6-11(8-10)16(17)18/h4-6,8-9H,2-3,7H2,1H3,(H,14,15). The smallest absolute Gasteiger partial charge is 0.270 e. The molecule has 0 radical (unpaired) electrons. The Hall–Kier alpha value is -1.95. The topological polar surface area (TPSA) is 68.1 Å². The van der Waals surface area contributed by atoms with Crippen molar-refractivity contribution >= 4 is 22.2 Å². The van der Waals surface area contributed by atoms with Gasteiger partial charge in [0.1, 0.15) is 0 Å². The lowest BCUT2D eigenvalue weighted by molar-refractivity contribution is -0.384. The summed E-state index contributed by atoms with van der Waals surface area (Å²) in [5.74, 6) is 0. The minimum absolute atomic E-state index is 0.0889. The van der Waals surface area contributed by atoms with Crippen LogP contribution in [0.15, 0.2) is 29.6 Å². The van der Waals surface area contributed by atoms with Crippen LogP contribution in [0.25, 0.3) is 11.3 Å². The van der Waals surface area contributed by atoms with Crippen molar-refractivity contribution in [2.45, 2.75) is 19.8 Å². The number of nitro groups is 1. The average molecular weight is 277 g/mol. The summed E-state index contributed by atoms with van der Waals surface area (Å²) in [5, 5.41) is 16.8. The molecule has 2 aromatic rings. The number of nitro benzene ring substituents is 1. The zero-order valence-corrected chi connectivity index (χ0v) is 11.4. The van der Waals surface area contributed by atoms with Crippen molar-refractivity contribution in [3.63, 3.8) is 0 Å². The van der Waals surface area contributed by atoms with Crippen molar-refractivity contribution in [2.75, 3.05) is 11.9 Å². The second kappa shape index (κ2) is 6.29. The molecule has 0 unspecified atom stereocenters. The third-order valence-electron chi connectivity index (χ3n) is 2.66. The first-order valence-corrected chi connectivity index (χ1v) is 7.03. The van der Waals surface area contributed by atoms with E-state index >= 15 is 0 Å². The highest BCUT2D eigenvalue weighted by Crippen LogP contribution is 2.27. The summed E-state index contributed by atoms with van der Waals surface area (Å²) >= 11 is 1.52. The van der Waals surface area contributed by atoms with Crippen LogP contribution in [0.1, 0.15) is 19.8 Å². The first kappa shape index (κ1) is 13.5. The number of benzene rings is 1. The molecule has 0 spiro atoms. The van der Waals surface area contributed by atoms with Gasteiger partial charge in [0.2, 0.25) is 0 Å². The maximum atomic E-state index is 10.7. The van der Waals surface area contributed by atoms with E-state index in [2.05, 4.69) is 17.2 Å². The molecule has 0 aliphatic heterocycles. The summed E-state index contributed by atoms with van der Waals surface area (Å²) in [4.78, 5) is 14.8. The molecule has 1 heterocycles. The Morgan fingerprint density at radius 3 is 3.05 bits per heavy atom. The molecule has 0 saturated carbocycles. The molecule has 0 atom stereocenters. The Kier molecular flexibility index (Phi) is 4.46. The molecular formula is C13H15N3O2S. The molecule has 1 aromatic carbocycles. The van der Waals surface area contributed by atoms with Gasteiger partial charge in [-0.2, -0.15) is 0 Å². The molecule has 5 nitrogen and oxygen atoms in total. The highest BCUT2D eigenvalue weighted by molar-refractivity contribution is 7.14. The van der Waals surface area contributed by atoms with Gasteiger partial charge in [0, 0.05) is 29.6 Å². The Morgan fingerprint density at radius 2 is 2.32 bits per heavy atom. The van der Waals surface area contributed by atoms with E-state index < -0.39 is 4.92 Å². The SMILES string of the molecule is CCCCNc1nc(-c2cccc([N+](=O)[O-])c2)cs1. The van der Waals surface area contributed by atoms with Crippen molar-refractivity contribution in [1.82, 2.24) is 4.98 Å². The highest BCUT2D eigenvalue weighted by Gasteiger charge is 2.09. The van der Waals surface area contributed by atoms with E-state index in [-0.39, 0.29) is 5.69 Å². The van der Waals surface area contributed by atoms with E-state index in [0.717, 1.165) is 35.8 Å². The minimum Gasteiger partial charge on any atom is -0.362 e. The molecule has 1 N–H and O–H groups in total. The second-order valence-corrected chi connectivity index (χ2v) is 4.98. The average Bonchev–Trinajstić information content (AvgIpc) is 2.88. The Bertz CT molecular complexity index is 569. The lowest BCUT2D eigenvalue weighted by Crippen LogP contribution is -1.99. The van der Waals surface area contributed by atoms with Gasteiger partial charge in [0.15, 0.2) is 5.13 Å². The summed E-state index contributed by atoms with van der Waals surface area (Å²) in [6.45, 7) is 3.04. The van der Waals surface area contributed by atoms with Crippen LogP contribution in [-0.4, -0.2) is 16.5 Å². The number of rotatable bonds is 6. The number of thiazole rings is 1. The van der Waals surface area contributed by atoms with Gasteiger partial charge in [0.25, 0.3) is 5.69 Å². The molecule has 0 aliphatic rings. The number of nitrogens with zero attached hydrogens (tertiary/aromatic N) is 2. The summed E-state index contributed by atoms with van der Waals surface area (Å²) in [6.07, 6.45) is 2.24. The molecule has 0 amide bonds. The van der Waals surface area contributed by atoms with Crippen molar-refractivity contribution in [3.05, 3.63) is 39.8 Å². The van der Waals surface area contributed by atoms with Crippen LogP contribution in [-0.2, 0) is 0 Å². The highest BCUT2D eigenvalue weighted by atomic mass is 32.1. The third-order valence-corrected chi connectivity index (χ3v) is 3.46. The third kappa shape index (κ3) is 3.51. The Balaban J connectivity index is 2.13. The molecule has 0 bridgehead atoms. The minimum atomic E-state index is -0.393. The Labute approximate surface area is 115 Å². The van der Waals surface area contributed by atoms with Gasteiger partial charge in [-0.15, -0.1) is 11.3 Å². The Morgan fingerprint density at radius 1 is 1.47 bits per heavy atom. The van der Waals surface area contributed by atoms with E-state index in [1.54, 1.807) is 12.1 Å². The predicted octanol–water partition coefficient (Wildman–Crippen LogP) is 3.93. The van der Waals surface area contributed by atoms with Crippen LogP contribution in [0, 0.1) is 10.1 Å². The van der Waals surface area contributed by atoms with Gasteiger partial charge in [-0.25, -0.2) is 4.98 Å². The van der Waals surface area contributed by atoms with E-state index in [1.165, 1.54) is 17.4 Å². The molecule has 0 fully saturated rings. The maximum Gasteiger partial charge on any atom is 0.270 e. The monoisotopic (exact) mass is 277 g/mol. The summed E-state index contributed by atoms with van der Waals surface area (Å²) in [6, 6.07) is 6.54. The van der Waals surface area contributed by atoms with Crippen LogP contribution in [0.3, 0.4) is 0 Å². The number of unbranched alkanes of at least 4 members (excludes halogenated alkanes) is 1. The maximum absolute atomic E-state index is 10.7. The predicted molar refractivity (Wildman–Crippen MR) is 77.6 cm³/mol. The van der Waals surface area contributed by atoms with Gasteiger partial charge < -0.3 is 5.32 Å². The van der Waals surface area contributed by atoms with E-state index in [4.69, 9.17) is 0 Å². The van der Waals surface area contributed by atoms with Gasteiger partial charge in [0.05, 0.1) is 10.6 Å². The fraction of sp³-hybridized carbons (Fsp3) is 0.308. The zero-order chi connectivity index (χ0) is 13.7. The van der Waals surface area contributed by atoms with Crippen LogP contribution >= 0.6 is 11.3 Å². The first-order chi connectivity index (χ1) is 9.20. The molecule has 2 rings (SSSR count). The van der Waals surface area contributed by atoms with Crippen LogP contribution in [0.5, 0.6) is 0 Å². The zero-order valence-electron chi connectivity index (χ0n) is 10.6. The lowest BCUT2D eigenvalue weighted by Gasteiger charge is -1.99. The van der Waals surface area contributed by atoms with Gasteiger partial charge >= 0.3 is 0 Å². The number of anilines is 1. The van der Waals surface area contributed by atoms with Gasteiger partial charge in [-0.05, 0) is 6.42 Å². The molecule has 100 valence electrons. The van der Waals surface area contributed by atoms with Crippen molar-refractivity contribution in [2.24, 2.45) is 0 Å². The van der Waals surface area contributed by atoms with Gasteiger partial charge in [-0.1, -0.05) is 25.5 Å². The van der Waals surface area contributed by atoms with Crippen LogP contribution in [0.2, 0.25) is 0 Å². The molecule has 19 heavy (non-hydrogen) atoms. The van der Waals surface area contributed by atoms with Gasteiger partial charge in [-0.3, -0.25) is 10.1 Å². The summed E-state index contributed by atoms with van der Waals surface area (Å²) in [7, 11) is 0. The largest absolute Gasteiger partial charge is 0.362 e. The molecule has 1 aromatic heterocycles. The number of hydrogen-bond acceptors (Lipinski definition) is 5. The number of hydrogen-bond donors (Lipinski definition) is 1. The lowest BCUT2D eigenvalue weighted by atomic mass is 10.1. The molecule has 0 aliphatic carbocycles. The van der Waals surface area contributed by atoms with Crippen molar-refractivity contribution in [3.8, 4) is 11.3 Å². The first-order valence-electron chi connectivity index (χ1n) is 6.15. The molecular weight excluding hydrogens is 262 g/mol. The number of aromatic nitrogens is 1.